The van der Waals surface area contributed by atoms with E-state index in [4.69, 9.17) is 9.47 Å². The highest BCUT2D eigenvalue weighted by Gasteiger charge is 2.20. The van der Waals surface area contributed by atoms with E-state index in [-0.39, 0.29) is 24.6 Å². The smallest absolute Gasteiger partial charge is 0.335 e. The summed E-state index contributed by atoms with van der Waals surface area (Å²) < 4.78 is 10.8. The van der Waals surface area contributed by atoms with E-state index in [1.165, 1.54) is 0 Å². The van der Waals surface area contributed by atoms with Gasteiger partial charge in [-0.15, -0.1) is 0 Å². The zero-order valence-corrected chi connectivity index (χ0v) is 15.4. The number of hydrogen-bond acceptors (Lipinski definition) is 6. The van der Waals surface area contributed by atoms with Gasteiger partial charge in [-0.25, -0.2) is 10.2 Å². The monoisotopic (exact) mass is 375 g/mol. The summed E-state index contributed by atoms with van der Waals surface area (Å²) in [6.07, 6.45) is 0. The molecule has 1 aromatic carbocycles. The Morgan fingerprint density at radius 1 is 1.33 bits per heavy atom. The van der Waals surface area contributed by atoms with Crippen molar-refractivity contribution in [3.63, 3.8) is 0 Å². The number of morpholine rings is 1. The maximum Gasteiger partial charge on any atom is 0.335 e. The number of benzene rings is 1. The van der Waals surface area contributed by atoms with Gasteiger partial charge in [0.25, 0.3) is 5.91 Å². The SMILES string of the molecule is CC1NC(=O)NN=C1c1ccc(OCC(=O)NCCN2CCOCC2)cc1. The highest BCUT2D eigenvalue weighted by atomic mass is 16.5. The Morgan fingerprint density at radius 3 is 2.78 bits per heavy atom. The molecule has 3 amide bonds. The van der Waals surface area contributed by atoms with E-state index in [9.17, 15) is 9.59 Å². The van der Waals surface area contributed by atoms with E-state index in [0.717, 1.165) is 44.1 Å². The van der Waals surface area contributed by atoms with Crippen LogP contribution in [0.4, 0.5) is 4.79 Å². The van der Waals surface area contributed by atoms with Crippen LogP contribution in [0.15, 0.2) is 29.4 Å². The van der Waals surface area contributed by atoms with Crippen molar-refractivity contribution >= 4 is 17.6 Å². The first-order valence-corrected chi connectivity index (χ1v) is 9.06. The topological polar surface area (TPSA) is 104 Å². The summed E-state index contributed by atoms with van der Waals surface area (Å²) in [5.74, 6) is 0.452. The molecule has 0 aliphatic carbocycles. The maximum absolute atomic E-state index is 11.9. The van der Waals surface area contributed by atoms with Gasteiger partial charge in [0, 0.05) is 31.7 Å². The Morgan fingerprint density at radius 2 is 2.07 bits per heavy atom. The van der Waals surface area contributed by atoms with Crippen LogP contribution >= 0.6 is 0 Å². The third-order valence-electron chi connectivity index (χ3n) is 4.41. The second-order valence-electron chi connectivity index (χ2n) is 6.42. The van der Waals surface area contributed by atoms with Crippen molar-refractivity contribution in [3.8, 4) is 5.75 Å². The van der Waals surface area contributed by atoms with Crippen molar-refractivity contribution in [1.82, 2.24) is 21.0 Å². The molecule has 2 aliphatic rings. The summed E-state index contributed by atoms with van der Waals surface area (Å²) in [5.41, 5.74) is 4.01. The first kappa shape index (κ1) is 19.1. The molecule has 3 N–H and O–H groups in total. The molecule has 0 aromatic heterocycles. The van der Waals surface area contributed by atoms with Gasteiger partial charge in [-0.1, -0.05) is 0 Å². The summed E-state index contributed by atoms with van der Waals surface area (Å²) >= 11 is 0. The Hall–Kier alpha value is -2.65. The number of carbonyl (C=O) groups is 2. The summed E-state index contributed by atoms with van der Waals surface area (Å²) in [5, 5.41) is 9.69. The molecule has 146 valence electrons. The van der Waals surface area contributed by atoms with E-state index in [2.05, 4.69) is 26.1 Å². The summed E-state index contributed by atoms with van der Waals surface area (Å²) in [7, 11) is 0. The third-order valence-corrected chi connectivity index (χ3v) is 4.41. The Bertz CT molecular complexity index is 685. The number of nitrogens with zero attached hydrogens (tertiary/aromatic N) is 2. The van der Waals surface area contributed by atoms with Crippen LogP contribution < -0.4 is 20.8 Å². The molecule has 9 nitrogen and oxygen atoms in total. The second-order valence-corrected chi connectivity index (χ2v) is 6.42. The molecular weight excluding hydrogens is 350 g/mol. The molecule has 9 heteroatoms. The predicted molar refractivity (Wildman–Crippen MR) is 99.9 cm³/mol. The zero-order valence-electron chi connectivity index (χ0n) is 15.4. The van der Waals surface area contributed by atoms with E-state index in [0.29, 0.717) is 12.3 Å². The van der Waals surface area contributed by atoms with Crippen LogP contribution in [0.25, 0.3) is 0 Å². The zero-order chi connectivity index (χ0) is 19.1. The number of nitrogens with one attached hydrogen (secondary N) is 3. The largest absolute Gasteiger partial charge is 0.484 e. The van der Waals surface area contributed by atoms with Crippen molar-refractivity contribution in [2.45, 2.75) is 13.0 Å². The molecule has 0 bridgehead atoms. The van der Waals surface area contributed by atoms with Crippen LogP contribution in [0.5, 0.6) is 5.75 Å². The number of hydrogen-bond donors (Lipinski definition) is 3. The van der Waals surface area contributed by atoms with Gasteiger partial charge in [-0.2, -0.15) is 5.10 Å². The van der Waals surface area contributed by atoms with Crippen molar-refractivity contribution in [2.75, 3.05) is 46.0 Å². The molecule has 1 atom stereocenters. The minimum absolute atomic E-state index is 0.0303. The average molecular weight is 375 g/mol. The molecule has 1 aromatic rings. The van der Waals surface area contributed by atoms with Gasteiger partial charge in [0.05, 0.1) is 25.0 Å². The molecule has 1 saturated heterocycles. The molecule has 1 fully saturated rings. The number of carbonyl (C=O) groups excluding carboxylic acids is 2. The normalized spacial score (nSPS) is 20.3. The van der Waals surface area contributed by atoms with Gasteiger partial charge >= 0.3 is 6.03 Å². The number of amides is 3. The molecule has 27 heavy (non-hydrogen) atoms. The van der Waals surface area contributed by atoms with Crippen LogP contribution in [0, 0.1) is 0 Å². The number of urea groups is 1. The molecule has 0 radical (unpaired) electrons. The number of rotatable bonds is 7. The standard InChI is InChI=1S/C18H25N5O4/c1-13-17(21-22-18(25)20-13)14-2-4-15(5-3-14)27-12-16(24)19-6-7-23-8-10-26-11-9-23/h2-5,13H,6-12H2,1H3,(H,19,24)(H2,20,22,25). The van der Waals surface area contributed by atoms with Gasteiger partial charge in [-0.3, -0.25) is 9.69 Å². The van der Waals surface area contributed by atoms with Crippen LogP contribution in [0.1, 0.15) is 12.5 Å². The van der Waals surface area contributed by atoms with Gasteiger partial charge < -0.3 is 20.1 Å². The van der Waals surface area contributed by atoms with Crippen LogP contribution in [-0.2, 0) is 9.53 Å². The molecule has 2 heterocycles. The molecule has 0 saturated carbocycles. The van der Waals surface area contributed by atoms with Crippen molar-refractivity contribution in [3.05, 3.63) is 29.8 Å². The lowest BCUT2D eigenvalue weighted by molar-refractivity contribution is -0.123. The Labute approximate surface area is 158 Å². The van der Waals surface area contributed by atoms with E-state index in [1.54, 1.807) is 12.1 Å². The average Bonchev–Trinajstić information content (AvgIpc) is 2.68. The first-order chi connectivity index (χ1) is 13.1. The predicted octanol–water partition coefficient (Wildman–Crippen LogP) is -0.0808. The van der Waals surface area contributed by atoms with E-state index < -0.39 is 0 Å². The van der Waals surface area contributed by atoms with Crippen molar-refractivity contribution < 1.29 is 19.1 Å². The fraction of sp³-hybridized carbons (Fsp3) is 0.500. The minimum Gasteiger partial charge on any atom is -0.484 e. The lowest BCUT2D eigenvalue weighted by Gasteiger charge is -2.26. The van der Waals surface area contributed by atoms with E-state index >= 15 is 0 Å². The van der Waals surface area contributed by atoms with Crippen LogP contribution in [-0.4, -0.2) is 74.6 Å². The molecule has 2 aliphatic heterocycles. The third kappa shape index (κ3) is 5.66. The van der Waals surface area contributed by atoms with Gasteiger partial charge in [0.1, 0.15) is 5.75 Å². The minimum atomic E-state index is -0.314. The van der Waals surface area contributed by atoms with Crippen molar-refractivity contribution in [2.24, 2.45) is 5.10 Å². The molecule has 3 rings (SSSR count). The fourth-order valence-electron chi connectivity index (χ4n) is 2.92. The fourth-order valence-corrected chi connectivity index (χ4v) is 2.92. The van der Waals surface area contributed by atoms with E-state index in [1.807, 2.05) is 19.1 Å². The maximum atomic E-state index is 11.9. The lowest BCUT2D eigenvalue weighted by Crippen LogP contribution is -2.48. The Kier molecular flexibility index (Phi) is 6.61. The summed E-state index contributed by atoms with van der Waals surface area (Å²) in [6, 6.07) is 6.76. The molecule has 1 unspecified atom stereocenters. The molecular formula is C18H25N5O4. The number of ether oxygens (including phenoxy) is 2. The Balaban J connectivity index is 1.40. The van der Waals surface area contributed by atoms with Gasteiger partial charge in [0.2, 0.25) is 0 Å². The van der Waals surface area contributed by atoms with Crippen molar-refractivity contribution in [1.29, 1.82) is 0 Å². The van der Waals surface area contributed by atoms with Crippen LogP contribution in [0.3, 0.4) is 0 Å². The quantitative estimate of drug-likeness (QED) is 0.618. The molecule has 0 spiro atoms. The lowest BCUT2D eigenvalue weighted by atomic mass is 10.0. The highest BCUT2D eigenvalue weighted by molar-refractivity contribution is 6.07. The highest BCUT2D eigenvalue weighted by Crippen LogP contribution is 2.14. The summed E-state index contributed by atoms with van der Waals surface area (Å²) in [6.45, 7) is 6.55. The van der Waals surface area contributed by atoms with Gasteiger partial charge in [0.15, 0.2) is 6.61 Å². The second kappa shape index (κ2) is 9.33. The van der Waals surface area contributed by atoms with Gasteiger partial charge in [-0.05, 0) is 31.2 Å². The summed E-state index contributed by atoms with van der Waals surface area (Å²) in [4.78, 5) is 25.4. The van der Waals surface area contributed by atoms with Crippen LogP contribution in [0.2, 0.25) is 0 Å². The number of hydrazone groups is 1. The first-order valence-electron chi connectivity index (χ1n) is 9.06.